The number of methoxy groups -OCH3 is 1. The lowest BCUT2D eigenvalue weighted by Gasteiger charge is -2.26. The third kappa shape index (κ3) is 5.57. The molecular weight excluding hydrogens is 484 g/mol. The minimum Gasteiger partial charge on any atom is -0.493 e. The van der Waals surface area contributed by atoms with Crippen LogP contribution in [-0.4, -0.2) is 61.2 Å². The molecule has 9 heteroatoms. The molecule has 0 radical (unpaired) electrons. The van der Waals surface area contributed by atoms with Crippen LogP contribution in [0.2, 0.25) is 5.02 Å². The number of nitrogens with one attached hydrogen (secondary N) is 1. The molecule has 4 rings (SSSR count). The number of aromatic nitrogens is 2. The van der Waals surface area contributed by atoms with Crippen molar-refractivity contribution in [3.8, 4) is 11.5 Å². The minimum absolute atomic E-state index is 0.113. The molecule has 7 nitrogen and oxygen atoms in total. The average molecular weight is 521 g/mol. The second kappa shape index (κ2) is 10.5. The first-order valence-electron chi connectivity index (χ1n) is 15.5. The molecule has 0 amide bonds. The van der Waals surface area contributed by atoms with Crippen molar-refractivity contribution in [1.29, 1.82) is 0 Å². The first-order chi connectivity index (χ1) is 20.2. The van der Waals surface area contributed by atoms with Crippen LogP contribution in [0.3, 0.4) is 0 Å². The number of hydrogen-bond donors (Lipinski definition) is 1. The first-order valence-corrected chi connectivity index (χ1v) is 9.85. The Bertz CT molecular complexity index is 1520. The van der Waals surface area contributed by atoms with E-state index in [9.17, 15) is 0 Å². The van der Waals surface area contributed by atoms with E-state index in [2.05, 4.69) is 31.2 Å². The quantitative estimate of drug-likeness (QED) is 0.453. The Balaban J connectivity index is 1.79. The number of hydrogen-bond acceptors (Lipinski definition) is 7. The van der Waals surface area contributed by atoms with E-state index in [1.807, 2.05) is 0 Å². The third-order valence-electron chi connectivity index (χ3n) is 3.99. The van der Waals surface area contributed by atoms with Crippen LogP contribution in [0.15, 0.2) is 41.1 Å². The molecule has 0 saturated carbocycles. The van der Waals surface area contributed by atoms with Crippen LogP contribution in [0, 0.1) is 0 Å². The number of fused-ring (bicyclic) bond motifs is 1. The molecule has 31 heavy (non-hydrogen) atoms. The molecule has 164 valence electrons. The smallest absolute Gasteiger partial charge is 0.162 e. The number of ether oxygens (including phenoxy) is 3. The predicted octanol–water partition coefficient (Wildman–Crippen LogP) is 4.90. The predicted molar refractivity (Wildman–Crippen MR) is 126 cm³/mol. The Hall–Kier alpha value is -2.13. The highest BCUT2D eigenvalue weighted by atomic mass is 79.9. The van der Waals surface area contributed by atoms with Gasteiger partial charge in [-0.15, -0.1) is 0 Å². The number of benzene rings is 2. The zero-order valence-electron chi connectivity index (χ0n) is 28.6. The number of halogens is 2. The Labute approximate surface area is 213 Å². The third-order valence-corrected chi connectivity index (χ3v) is 5.22. The maximum absolute atomic E-state index is 8.49. The van der Waals surface area contributed by atoms with E-state index < -0.39 is 64.2 Å². The zero-order valence-corrected chi connectivity index (χ0v) is 17.9. The van der Waals surface area contributed by atoms with Crippen LogP contribution in [-0.2, 0) is 4.74 Å². The Kier molecular flexibility index (Phi) is 3.76. The van der Waals surface area contributed by atoms with Gasteiger partial charge in [-0.05, 0) is 46.6 Å². The highest BCUT2D eigenvalue weighted by molar-refractivity contribution is 9.10. The summed E-state index contributed by atoms with van der Waals surface area (Å²) in [6, 6.07) is 7.08. The van der Waals surface area contributed by atoms with Crippen molar-refractivity contribution in [2.45, 2.75) is 6.37 Å². The Morgan fingerprint density at radius 3 is 2.97 bits per heavy atom. The maximum Gasteiger partial charge on any atom is 0.162 e. The van der Waals surface area contributed by atoms with Gasteiger partial charge in [-0.3, -0.25) is 4.90 Å². The fourth-order valence-electron chi connectivity index (χ4n) is 2.57. The van der Waals surface area contributed by atoms with Gasteiger partial charge in [0.1, 0.15) is 12.1 Å². The van der Waals surface area contributed by atoms with Crippen LogP contribution < -0.4 is 14.8 Å². The van der Waals surface area contributed by atoms with Crippen LogP contribution >= 0.6 is 27.5 Å². The molecule has 2 aromatic carbocycles. The Morgan fingerprint density at radius 1 is 1.29 bits per heavy atom. The van der Waals surface area contributed by atoms with E-state index in [1.54, 1.807) is 18.2 Å². The van der Waals surface area contributed by atoms with E-state index in [-0.39, 0.29) is 21.6 Å². The molecule has 1 aromatic heterocycles. The molecule has 0 spiro atoms. The van der Waals surface area contributed by atoms with Crippen molar-refractivity contribution in [3.63, 3.8) is 0 Å². The Morgan fingerprint density at radius 2 is 2.16 bits per heavy atom. The van der Waals surface area contributed by atoms with Gasteiger partial charge in [-0.2, -0.15) is 0 Å². The summed E-state index contributed by atoms with van der Waals surface area (Å²) in [6.07, 6.45) is -2.56. The lowest BCUT2D eigenvalue weighted by atomic mass is 10.2. The number of rotatable bonds is 8. The van der Waals surface area contributed by atoms with Gasteiger partial charge in [0, 0.05) is 49.4 Å². The monoisotopic (exact) mass is 519 g/mol. The molecule has 1 saturated heterocycles. The summed E-state index contributed by atoms with van der Waals surface area (Å²) in [6.45, 7) is -14.9. The standard InChI is InChI=1S/C22H24BrClN4O3/c1-29-20-13-19-16(12-21(20)31-8-2-5-28-6-9-30-10-7-28)22(26-14-25-19)27-15-3-4-17(23)18(24)11-15/h3-4,11-14H,2,5-10H2,1H3,(H,25,26,27)/i1D3,2D2,5D2,6D,7D,8D2,9D,10D. The van der Waals surface area contributed by atoms with E-state index in [4.69, 9.17) is 43.6 Å². The number of nitrogens with zero attached hydrogens (tertiary/aromatic N) is 3. The molecule has 0 aliphatic carbocycles. The fraction of sp³-hybridized carbons (Fsp3) is 0.364. The highest BCUT2D eigenvalue weighted by Crippen LogP contribution is 2.35. The fourth-order valence-corrected chi connectivity index (χ4v) is 3.00. The summed E-state index contributed by atoms with van der Waals surface area (Å²) in [5, 5.41) is 3.51. The van der Waals surface area contributed by atoms with Crippen LogP contribution in [0.25, 0.3) is 10.9 Å². The van der Waals surface area contributed by atoms with Crippen molar-refractivity contribution in [3.05, 3.63) is 46.2 Å². The number of anilines is 2. The molecular formula is C22H24BrClN4O3. The van der Waals surface area contributed by atoms with E-state index in [0.29, 0.717) is 15.2 Å². The van der Waals surface area contributed by atoms with Crippen molar-refractivity contribution in [1.82, 2.24) is 14.9 Å². The van der Waals surface area contributed by atoms with Crippen LogP contribution in [0.1, 0.15) is 24.2 Å². The largest absolute Gasteiger partial charge is 0.493 e. The first kappa shape index (κ1) is 11.1. The molecule has 1 aliphatic rings. The van der Waals surface area contributed by atoms with Gasteiger partial charge in [0.15, 0.2) is 11.5 Å². The van der Waals surface area contributed by atoms with Gasteiger partial charge in [-0.25, -0.2) is 9.97 Å². The summed E-state index contributed by atoms with van der Waals surface area (Å²) in [5.74, 6) is -1.13. The van der Waals surface area contributed by atoms with E-state index in [0.717, 1.165) is 18.5 Å². The number of morpholine rings is 1. The molecule has 2 heterocycles. The lowest BCUT2D eigenvalue weighted by molar-refractivity contribution is 0.0357. The zero-order chi connectivity index (χ0) is 33.0. The molecule has 0 bridgehead atoms. The highest BCUT2D eigenvalue weighted by Gasteiger charge is 2.13. The second-order valence-electron chi connectivity index (χ2n) is 5.95. The van der Waals surface area contributed by atoms with Crippen molar-refractivity contribution >= 4 is 49.9 Å². The van der Waals surface area contributed by atoms with Gasteiger partial charge in [0.2, 0.25) is 0 Å². The van der Waals surface area contributed by atoms with Gasteiger partial charge < -0.3 is 19.5 Å². The normalized spacial score (nSPS) is 32.0. The minimum atomic E-state index is -3.72. The maximum atomic E-state index is 8.49. The van der Waals surface area contributed by atoms with Crippen LogP contribution in [0.4, 0.5) is 11.5 Å². The molecule has 1 fully saturated rings. The van der Waals surface area contributed by atoms with Crippen molar-refractivity contribution < 1.29 is 32.0 Å². The molecule has 3 aromatic rings. The molecule has 1 N–H and O–H groups in total. The van der Waals surface area contributed by atoms with Crippen molar-refractivity contribution in [2.75, 3.05) is 51.6 Å². The second-order valence-corrected chi connectivity index (χ2v) is 7.21. The van der Waals surface area contributed by atoms with Gasteiger partial charge in [0.05, 0.1) is 46.9 Å². The SMILES string of the molecule is [2H]C1OC([2H])C([2H])N(C([2H])([2H])C([2H])([2H])C([2H])([2H])Oc2cc3c(Nc4ccc(Br)c(Cl)c4)ncnc3cc2OC([2H])([2H])[2H])C1[2H]. The molecule has 1 aliphatic heterocycles. The van der Waals surface area contributed by atoms with Gasteiger partial charge >= 0.3 is 0 Å². The van der Waals surface area contributed by atoms with Crippen LogP contribution in [0.5, 0.6) is 11.5 Å². The molecule has 4 unspecified atom stereocenters. The van der Waals surface area contributed by atoms with Crippen molar-refractivity contribution in [2.24, 2.45) is 0 Å². The molecule has 4 atom stereocenters. The van der Waals surface area contributed by atoms with Gasteiger partial charge in [-0.1, -0.05) is 11.6 Å². The summed E-state index contributed by atoms with van der Waals surface area (Å²) >= 11 is 9.46. The summed E-state index contributed by atoms with van der Waals surface area (Å²) in [7, 11) is -3.08. The summed E-state index contributed by atoms with van der Waals surface area (Å²) in [5.41, 5.74) is 0.589. The van der Waals surface area contributed by atoms with E-state index in [1.165, 1.54) is 0 Å². The van der Waals surface area contributed by atoms with E-state index >= 15 is 0 Å². The lowest BCUT2D eigenvalue weighted by Crippen LogP contribution is -2.37. The topological polar surface area (TPSA) is 68.7 Å². The summed E-state index contributed by atoms with van der Waals surface area (Å²) in [4.78, 5) is 8.48. The van der Waals surface area contributed by atoms with Gasteiger partial charge in [0.25, 0.3) is 0 Å². The average Bonchev–Trinajstić information content (AvgIpc) is 2.89. The summed E-state index contributed by atoms with van der Waals surface area (Å²) < 4.78 is 121.